The van der Waals surface area contributed by atoms with E-state index in [9.17, 15) is 18.0 Å². The predicted molar refractivity (Wildman–Crippen MR) is 120 cm³/mol. The van der Waals surface area contributed by atoms with Crippen LogP contribution in [0, 0.1) is 6.92 Å². The molecular formula is C23H23F3N4OS. The van der Waals surface area contributed by atoms with Crippen LogP contribution in [0.5, 0.6) is 0 Å². The highest BCUT2D eigenvalue weighted by Crippen LogP contribution is 2.28. The molecule has 1 aromatic heterocycles. The van der Waals surface area contributed by atoms with E-state index in [1.54, 1.807) is 24.3 Å². The minimum Gasteiger partial charge on any atom is -0.322 e. The molecule has 3 aromatic rings. The summed E-state index contributed by atoms with van der Waals surface area (Å²) in [4.78, 5) is 15.2. The van der Waals surface area contributed by atoms with Crippen molar-refractivity contribution in [3.63, 3.8) is 0 Å². The average molecular weight is 461 g/mol. The summed E-state index contributed by atoms with van der Waals surface area (Å²) in [7, 11) is 0. The van der Waals surface area contributed by atoms with E-state index in [-0.39, 0.29) is 5.91 Å². The smallest absolute Gasteiger partial charge is 0.322 e. The van der Waals surface area contributed by atoms with Crippen molar-refractivity contribution in [2.75, 3.05) is 29.9 Å². The maximum Gasteiger partial charge on any atom is 0.435 e. The van der Waals surface area contributed by atoms with Gasteiger partial charge in [0.05, 0.1) is 5.69 Å². The Bertz CT molecular complexity index is 1090. The number of alkyl halides is 3. The van der Waals surface area contributed by atoms with Crippen molar-refractivity contribution < 1.29 is 18.0 Å². The lowest BCUT2D eigenvalue weighted by atomic mass is 10.1. The number of carbonyl (C=O) groups is 1. The Morgan fingerprint density at radius 3 is 2.47 bits per heavy atom. The van der Waals surface area contributed by atoms with Gasteiger partial charge in [0.25, 0.3) is 5.91 Å². The Labute approximate surface area is 188 Å². The maximum absolute atomic E-state index is 12.8. The molecule has 32 heavy (non-hydrogen) atoms. The van der Waals surface area contributed by atoms with Gasteiger partial charge in [0.1, 0.15) is 0 Å². The van der Waals surface area contributed by atoms with Crippen LogP contribution in [0.2, 0.25) is 0 Å². The van der Waals surface area contributed by atoms with Gasteiger partial charge < -0.3 is 5.32 Å². The average Bonchev–Trinajstić information content (AvgIpc) is 3.28. The second-order valence-corrected chi connectivity index (χ2v) is 8.85. The fourth-order valence-corrected chi connectivity index (χ4v) is 4.55. The van der Waals surface area contributed by atoms with Gasteiger partial charge in [-0.2, -0.15) is 30.0 Å². The minimum absolute atomic E-state index is 0.275. The number of hydrogen-bond acceptors (Lipinski definition) is 4. The van der Waals surface area contributed by atoms with Crippen LogP contribution in [-0.4, -0.2) is 45.2 Å². The zero-order valence-electron chi connectivity index (χ0n) is 17.5. The topological polar surface area (TPSA) is 50.2 Å². The second kappa shape index (κ2) is 9.38. The van der Waals surface area contributed by atoms with Crippen molar-refractivity contribution >= 4 is 23.4 Å². The summed E-state index contributed by atoms with van der Waals surface area (Å²) in [5.74, 6) is 2.01. The van der Waals surface area contributed by atoms with Crippen LogP contribution in [-0.2, 0) is 12.7 Å². The highest BCUT2D eigenvalue weighted by atomic mass is 32.2. The van der Waals surface area contributed by atoms with Gasteiger partial charge in [-0.3, -0.25) is 9.69 Å². The molecule has 4 rings (SSSR count). The van der Waals surface area contributed by atoms with Crippen LogP contribution in [0.3, 0.4) is 0 Å². The second-order valence-electron chi connectivity index (χ2n) is 7.62. The first-order valence-electron chi connectivity index (χ1n) is 10.2. The monoisotopic (exact) mass is 460 g/mol. The van der Waals surface area contributed by atoms with E-state index >= 15 is 0 Å². The van der Waals surface area contributed by atoms with E-state index in [0.29, 0.717) is 11.3 Å². The molecule has 0 saturated carbocycles. The molecule has 1 fully saturated rings. The lowest BCUT2D eigenvalue weighted by Gasteiger charge is -2.27. The highest BCUT2D eigenvalue weighted by molar-refractivity contribution is 7.99. The quantitative estimate of drug-likeness (QED) is 0.582. The normalized spacial score (nSPS) is 15.0. The van der Waals surface area contributed by atoms with E-state index in [1.165, 1.54) is 11.8 Å². The number of nitrogens with one attached hydrogen (secondary N) is 1. The van der Waals surface area contributed by atoms with Gasteiger partial charge in [-0.25, -0.2) is 4.68 Å². The van der Waals surface area contributed by atoms with Crippen LogP contribution in [0.4, 0.5) is 18.9 Å². The molecule has 1 N–H and O–H groups in total. The maximum atomic E-state index is 12.8. The Morgan fingerprint density at radius 1 is 1.09 bits per heavy atom. The predicted octanol–water partition coefficient (Wildman–Crippen LogP) is 5.00. The summed E-state index contributed by atoms with van der Waals surface area (Å²) < 4.78 is 39.4. The number of aromatic nitrogens is 2. The van der Waals surface area contributed by atoms with Gasteiger partial charge in [0, 0.05) is 48.6 Å². The summed E-state index contributed by atoms with van der Waals surface area (Å²) in [6, 6.07) is 13.1. The third-order valence-corrected chi connectivity index (χ3v) is 6.41. The Morgan fingerprint density at radius 2 is 1.81 bits per heavy atom. The van der Waals surface area contributed by atoms with E-state index in [0.717, 1.165) is 53.1 Å². The number of thioether (sulfide) groups is 1. The molecule has 1 aliphatic heterocycles. The lowest BCUT2D eigenvalue weighted by Crippen LogP contribution is -2.32. The molecule has 2 aromatic carbocycles. The number of anilines is 1. The van der Waals surface area contributed by atoms with Crippen molar-refractivity contribution in [3.8, 4) is 5.69 Å². The van der Waals surface area contributed by atoms with Gasteiger partial charge in [0.2, 0.25) is 0 Å². The highest BCUT2D eigenvalue weighted by Gasteiger charge is 2.33. The summed E-state index contributed by atoms with van der Waals surface area (Å²) >= 11 is 1.97. The standard InChI is InChI=1S/C23H23F3N4OS/c1-16-18(15-29-11-13-32-14-12-29)3-2-4-20(16)27-22(31)17-5-7-19(8-6-17)30-10-9-21(28-30)23(24,25)26/h2-10H,11-15H2,1H3,(H,27,31). The molecule has 0 bridgehead atoms. The third kappa shape index (κ3) is 5.16. The van der Waals surface area contributed by atoms with Crippen molar-refractivity contribution in [1.82, 2.24) is 14.7 Å². The molecule has 0 atom stereocenters. The van der Waals surface area contributed by atoms with Crippen LogP contribution < -0.4 is 5.32 Å². The van der Waals surface area contributed by atoms with Crippen molar-refractivity contribution in [2.45, 2.75) is 19.6 Å². The number of nitrogens with zero attached hydrogens (tertiary/aromatic N) is 3. The molecule has 0 aliphatic carbocycles. The van der Waals surface area contributed by atoms with Crippen molar-refractivity contribution in [2.24, 2.45) is 0 Å². The van der Waals surface area contributed by atoms with Crippen LogP contribution in [0.25, 0.3) is 5.69 Å². The first-order valence-corrected chi connectivity index (χ1v) is 11.4. The first-order chi connectivity index (χ1) is 15.3. The SMILES string of the molecule is Cc1c(CN2CCSCC2)cccc1NC(=O)c1ccc(-n2ccc(C(F)(F)F)n2)cc1. The molecule has 0 radical (unpaired) electrons. The van der Waals surface area contributed by atoms with Gasteiger partial charge in [-0.05, 0) is 54.4 Å². The molecule has 1 saturated heterocycles. The molecule has 1 aliphatic rings. The lowest BCUT2D eigenvalue weighted by molar-refractivity contribution is -0.141. The van der Waals surface area contributed by atoms with Crippen molar-refractivity contribution in [3.05, 3.63) is 77.1 Å². The van der Waals surface area contributed by atoms with Crippen LogP contribution >= 0.6 is 11.8 Å². The number of halogens is 3. The van der Waals surface area contributed by atoms with Gasteiger partial charge >= 0.3 is 6.18 Å². The van der Waals surface area contributed by atoms with E-state index in [4.69, 9.17) is 0 Å². The van der Waals surface area contributed by atoms with Crippen molar-refractivity contribution in [1.29, 1.82) is 0 Å². The summed E-state index contributed by atoms with van der Waals surface area (Å²) in [6.45, 7) is 4.98. The fraction of sp³-hybridized carbons (Fsp3) is 0.304. The molecular weight excluding hydrogens is 437 g/mol. The molecule has 0 unspecified atom stereocenters. The number of carbonyl (C=O) groups excluding carboxylic acids is 1. The number of hydrogen-bond donors (Lipinski definition) is 1. The number of benzene rings is 2. The molecule has 168 valence electrons. The number of rotatable bonds is 5. The van der Waals surface area contributed by atoms with Gasteiger partial charge in [-0.15, -0.1) is 0 Å². The Kier molecular flexibility index (Phi) is 6.57. The summed E-state index contributed by atoms with van der Waals surface area (Å²) in [5, 5.41) is 6.50. The molecule has 0 spiro atoms. The van der Waals surface area contributed by atoms with Gasteiger partial charge in [0.15, 0.2) is 5.69 Å². The summed E-state index contributed by atoms with van der Waals surface area (Å²) in [5.41, 5.74) is 2.86. The van der Waals surface area contributed by atoms with Crippen LogP contribution in [0.1, 0.15) is 27.2 Å². The Hall–Kier alpha value is -2.78. The number of amides is 1. The summed E-state index contributed by atoms with van der Waals surface area (Å²) in [6.07, 6.45) is -3.25. The van der Waals surface area contributed by atoms with E-state index < -0.39 is 11.9 Å². The molecule has 5 nitrogen and oxygen atoms in total. The molecule has 9 heteroatoms. The Balaban J connectivity index is 1.45. The van der Waals surface area contributed by atoms with E-state index in [1.807, 2.05) is 30.8 Å². The largest absolute Gasteiger partial charge is 0.435 e. The van der Waals surface area contributed by atoms with Crippen LogP contribution in [0.15, 0.2) is 54.7 Å². The third-order valence-electron chi connectivity index (χ3n) is 5.47. The molecule has 1 amide bonds. The fourth-order valence-electron chi connectivity index (χ4n) is 3.57. The van der Waals surface area contributed by atoms with Gasteiger partial charge in [-0.1, -0.05) is 12.1 Å². The zero-order chi connectivity index (χ0) is 22.7. The molecule has 2 heterocycles. The zero-order valence-corrected chi connectivity index (χ0v) is 18.3. The first kappa shape index (κ1) is 22.4. The minimum atomic E-state index is -4.50. The van der Waals surface area contributed by atoms with E-state index in [2.05, 4.69) is 21.4 Å².